The molecule has 0 aromatic heterocycles. The predicted molar refractivity (Wildman–Crippen MR) is 62.9 cm³/mol. The molecule has 0 spiro atoms. The highest BCUT2D eigenvalue weighted by Gasteiger charge is 2.02. The summed E-state index contributed by atoms with van der Waals surface area (Å²) < 4.78 is 6.69. The molecule has 72 valence electrons. The van der Waals surface area contributed by atoms with Crippen LogP contribution in [0.15, 0.2) is 16.6 Å². The summed E-state index contributed by atoms with van der Waals surface area (Å²) >= 11 is 6.81. The van der Waals surface area contributed by atoms with Gasteiger partial charge in [0.15, 0.2) is 0 Å². The molecule has 0 heterocycles. The summed E-state index contributed by atoms with van der Waals surface area (Å²) in [5.41, 5.74) is 2.37. The van der Waals surface area contributed by atoms with Gasteiger partial charge in [-0.3, -0.25) is 0 Å². The van der Waals surface area contributed by atoms with E-state index in [4.69, 9.17) is 4.74 Å². The Balaban J connectivity index is 2.88. The lowest BCUT2D eigenvalue weighted by atomic mass is 10.1. The molecule has 0 aliphatic carbocycles. The van der Waals surface area contributed by atoms with Crippen molar-refractivity contribution in [1.29, 1.82) is 0 Å². The first kappa shape index (κ1) is 11.1. The van der Waals surface area contributed by atoms with Gasteiger partial charge in [0.2, 0.25) is 0 Å². The Morgan fingerprint density at radius 1 is 1.23 bits per heavy atom. The molecule has 0 amide bonds. The maximum absolute atomic E-state index is 5.55. The molecule has 3 heteroatoms. The molecule has 0 bridgehead atoms. The van der Waals surface area contributed by atoms with Crippen molar-refractivity contribution >= 4 is 31.9 Å². The van der Waals surface area contributed by atoms with E-state index < -0.39 is 0 Å². The Labute approximate surface area is 95.7 Å². The number of hydrogen-bond donors (Lipinski definition) is 0. The van der Waals surface area contributed by atoms with Crippen molar-refractivity contribution in [3.05, 3.63) is 27.7 Å². The summed E-state index contributed by atoms with van der Waals surface area (Å²) in [7, 11) is 0. The van der Waals surface area contributed by atoms with Crippen molar-refractivity contribution in [3.8, 4) is 5.75 Å². The Morgan fingerprint density at radius 3 is 2.54 bits per heavy atom. The van der Waals surface area contributed by atoms with Gasteiger partial charge in [-0.15, -0.1) is 0 Å². The van der Waals surface area contributed by atoms with Crippen LogP contribution in [0.1, 0.15) is 11.1 Å². The van der Waals surface area contributed by atoms with Gasteiger partial charge in [0.1, 0.15) is 5.75 Å². The molecule has 0 N–H and O–H groups in total. The summed E-state index contributed by atoms with van der Waals surface area (Å²) in [6.07, 6.45) is 0. The highest BCUT2D eigenvalue weighted by atomic mass is 79.9. The minimum atomic E-state index is 0.710. The maximum atomic E-state index is 5.55. The van der Waals surface area contributed by atoms with Crippen LogP contribution in [0.2, 0.25) is 0 Å². The number of benzene rings is 1. The second-order valence-corrected chi connectivity index (χ2v) is 4.55. The van der Waals surface area contributed by atoms with Gasteiger partial charge in [-0.2, -0.15) is 0 Å². The molecule has 1 aromatic rings. The third kappa shape index (κ3) is 2.99. The fourth-order valence-corrected chi connectivity index (χ4v) is 1.68. The highest BCUT2D eigenvalue weighted by Crippen LogP contribution is 2.26. The van der Waals surface area contributed by atoms with Crippen molar-refractivity contribution in [2.75, 3.05) is 11.9 Å². The van der Waals surface area contributed by atoms with Crippen LogP contribution in [-0.4, -0.2) is 11.9 Å². The van der Waals surface area contributed by atoms with Gasteiger partial charge < -0.3 is 4.74 Å². The molecule has 1 aromatic carbocycles. The van der Waals surface area contributed by atoms with Gasteiger partial charge in [0.05, 0.1) is 6.61 Å². The second kappa shape index (κ2) is 5.01. The molecule has 1 rings (SSSR count). The van der Waals surface area contributed by atoms with Crippen molar-refractivity contribution < 1.29 is 4.74 Å². The number of ether oxygens (including phenoxy) is 1. The zero-order valence-corrected chi connectivity index (χ0v) is 10.9. The van der Waals surface area contributed by atoms with Crippen LogP contribution in [-0.2, 0) is 0 Å². The highest BCUT2D eigenvalue weighted by molar-refractivity contribution is 9.10. The first-order valence-electron chi connectivity index (χ1n) is 4.10. The molecule has 0 fully saturated rings. The first-order valence-corrected chi connectivity index (χ1v) is 6.02. The summed E-state index contributed by atoms with van der Waals surface area (Å²) in [5.74, 6) is 0.972. The Kier molecular flexibility index (Phi) is 4.26. The number of rotatable bonds is 3. The van der Waals surface area contributed by atoms with Crippen molar-refractivity contribution in [2.24, 2.45) is 0 Å². The third-order valence-corrected chi connectivity index (χ3v) is 2.97. The summed E-state index contributed by atoms with van der Waals surface area (Å²) in [6.45, 7) is 4.82. The molecule has 1 nitrogen and oxygen atoms in total. The smallest absolute Gasteiger partial charge is 0.122 e. The number of aryl methyl sites for hydroxylation is 2. The zero-order chi connectivity index (χ0) is 9.84. The standard InChI is InChI=1S/C10H12Br2O/c1-7-6-10(13-4-3-11)8(2)5-9(7)12/h5-6H,3-4H2,1-2H3. The molecular formula is C10H12Br2O. The lowest BCUT2D eigenvalue weighted by Crippen LogP contribution is -1.99. The minimum Gasteiger partial charge on any atom is -0.492 e. The lowest BCUT2D eigenvalue weighted by Gasteiger charge is -2.09. The Morgan fingerprint density at radius 2 is 1.92 bits per heavy atom. The van der Waals surface area contributed by atoms with E-state index >= 15 is 0 Å². The van der Waals surface area contributed by atoms with E-state index in [9.17, 15) is 0 Å². The topological polar surface area (TPSA) is 9.23 Å². The first-order chi connectivity index (χ1) is 6.15. The second-order valence-electron chi connectivity index (χ2n) is 2.90. The Hall–Kier alpha value is -0.0200. The maximum Gasteiger partial charge on any atom is 0.122 e. The normalized spacial score (nSPS) is 10.2. The van der Waals surface area contributed by atoms with E-state index in [1.54, 1.807) is 0 Å². The number of alkyl halides is 1. The fraction of sp³-hybridized carbons (Fsp3) is 0.400. The number of halogens is 2. The lowest BCUT2D eigenvalue weighted by molar-refractivity contribution is 0.342. The summed E-state index contributed by atoms with van der Waals surface area (Å²) in [6, 6.07) is 4.14. The molecule has 0 radical (unpaired) electrons. The van der Waals surface area contributed by atoms with Crippen LogP contribution in [0, 0.1) is 13.8 Å². The fourth-order valence-electron chi connectivity index (χ4n) is 1.06. The quantitative estimate of drug-likeness (QED) is 0.771. The van der Waals surface area contributed by atoms with Crippen LogP contribution in [0.5, 0.6) is 5.75 Å². The average Bonchev–Trinajstić information content (AvgIpc) is 2.09. The van der Waals surface area contributed by atoms with Crippen molar-refractivity contribution in [2.45, 2.75) is 13.8 Å². The van der Waals surface area contributed by atoms with E-state index in [2.05, 4.69) is 50.9 Å². The largest absolute Gasteiger partial charge is 0.492 e. The molecule has 0 saturated heterocycles. The zero-order valence-electron chi connectivity index (χ0n) is 7.73. The predicted octanol–water partition coefficient (Wildman–Crippen LogP) is 3.84. The van der Waals surface area contributed by atoms with Gasteiger partial charge in [0, 0.05) is 9.80 Å². The van der Waals surface area contributed by atoms with Gasteiger partial charge in [-0.25, -0.2) is 0 Å². The van der Waals surface area contributed by atoms with Crippen molar-refractivity contribution in [1.82, 2.24) is 0 Å². The van der Waals surface area contributed by atoms with Crippen LogP contribution >= 0.6 is 31.9 Å². The van der Waals surface area contributed by atoms with Crippen LogP contribution in [0.25, 0.3) is 0 Å². The Bertz CT molecular complexity index is 297. The molecule has 0 aliphatic heterocycles. The minimum absolute atomic E-state index is 0.710. The summed E-state index contributed by atoms with van der Waals surface area (Å²) in [4.78, 5) is 0. The van der Waals surface area contributed by atoms with Crippen molar-refractivity contribution in [3.63, 3.8) is 0 Å². The molecular weight excluding hydrogens is 296 g/mol. The SMILES string of the molecule is Cc1cc(OCCBr)c(C)cc1Br. The van der Waals surface area contributed by atoms with E-state index in [0.717, 1.165) is 15.6 Å². The van der Waals surface area contributed by atoms with E-state index in [1.807, 2.05) is 6.92 Å². The van der Waals surface area contributed by atoms with Crippen LogP contribution in [0.4, 0.5) is 0 Å². The van der Waals surface area contributed by atoms with E-state index in [1.165, 1.54) is 11.1 Å². The van der Waals surface area contributed by atoms with Gasteiger partial charge in [-0.1, -0.05) is 31.9 Å². The molecule has 0 saturated carbocycles. The molecule has 0 aliphatic rings. The third-order valence-electron chi connectivity index (χ3n) is 1.79. The van der Waals surface area contributed by atoms with Crippen LogP contribution < -0.4 is 4.74 Å². The van der Waals surface area contributed by atoms with E-state index in [-0.39, 0.29) is 0 Å². The average molecular weight is 308 g/mol. The molecule has 0 unspecified atom stereocenters. The summed E-state index contributed by atoms with van der Waals surface area (Å²) in [5, 5.41) is 0.863. The van der Waals surface area contributed by atoms with Gasteiger partial charge in [0.25, 0.3) is 0 Å². The number of hydrogen-bond acceptors (Lipinski definition) is 1. The van der Waals surface area contributed by atoms with Gasteiger partial charge in [-0.05, 0) is 37.1 Å². The molecule has 0 atom stereocenters. The van der Waals surface area contributed by atoms with Gasteiger partial charge >= 0.3 is 0 Å². The van der Waals surface area contributed by atoms with E-state index in [0.29, 0.717) is 6.61 Å². The van der Waals surface area contributed by atoms with Crippen LogP contribution in [0.3, 0.4) is 0 Å². The molecule has 13 heavy (non-hydrogen) atoms. The monoisotopic (exact) mass is 306 g/mol.